The summed E-state index contributed by atoms with van der Waals surface area (Å²) in [6, 6.07) is 25.3. The van der Waals surface area contributed by atoms with Crippen LogP contribution in [0.1, 0.15) is 5.56 Å². The maximum atomic E-state index is 13.2. The smallest absolute Gasteiger partial charge is 0.242 e. The molecule has 0 bridgehead atoms. The second-order valence-electron chi connectivity index (χ2n) is 7.79. The number of fused-ring (bicyclic) bond motifs is 1. The molecule has 0 N–H and O–H groups in total. The van der Waals surface area contributed by atoms with Crippen molar-refractivity contribution >= 4 is 28.1 Å². The van der Waals surface area contributed by atoms with Crippen LogP contribution < -0.4 is 0 Å². The summed E-state index contributed by atoms with van der Waals surface area (Å²) in [4.78, 5) is 18.8. The number of hydrogen-bond donors (Lipinski definition) is 0. The van der Waals surface area contributed by atoms with E-state index in [0.29, 0.717) is 6.54 Å². The van der Waals surface area contributed by atoms with Gasteiger partial charge in [-0.3, -0.25) is 9.69 Å². The Morgan fingerprint density at radius 3 is 2.40 bits per heavy atom. The predicted octanol–water partition coefficient (Wildman–Crippen LogP) is 4.71. The standard InChI is InChI=1S/C25H25N3OS/c29-25(27-14-12-26(13-15-27)18-20-7-2-1-3-8-20)19-28-22-10-5-4-9-21(22)17-23(28)24-11-6-16-30-24/h1-11,16-17H,12-15,18-19H2. The van der Waals surface area contributed by atoms with Crippen molar-refractivity contribution in [1.82, 2.24) is 14.4 Å². The quantitative estimate of drug-likeness (QED) is 0.472. The zero-order valence-electron chi connectivity index (χ0n) is 16.9. The molecule has 1 aliphatic rings. The van der Waals surface area contributed by atoms with Crippen LogP contribution in [0.4, 0.5) is 0 Å². The molecule has 30 heavy (non-hydrogen) atoms. The molecule has 1 amide bonds. The number of piperazine rings is 1. The first-order valence-electron chi connectivity index (χ1n) is 10.4. The molecule has 0 unspecified atom stereocenters. The lowest BCUT2D eigenvalue weighted by molar-refractivity contribution is -0.133. The van der Waals surface area contributed by atoms with Crippen molar-refractivity contribution in [2.24, 2.45) is 0 Å². The van der Waals surface area contributed by atoms with Crippen molar-refractivity contribution < 1.29 is 4.79 Å². The van der Waals surface area contributed by atoms with Crippen LogP contribution in [0.5, 0.6) is 0 Å². The first kappa shape index (κ1) is 19.1. The number of benzene rings is 2. The number of amides is 1. The van der Waals surface area contributed by atoms with Gasteiger partial charge in [0.2, 0.25) is 5.91 Å². The van der Waals surface area contributed by atoms with Crippen LogP contribution in [0.15, 0.2) is 78.2 Å². The monoisotopic (exact) mass is 415 g/mol. The molecule has 0 spiro atoms. The molecule has 4 aromatic rings. The molecule has 1 fully saturated rings. The Bertz CT molecular complexity index is 1130. The molecule has 2 aromatic heterocycles. The van der Waals surface area contributed by atoms with Crippen LogP contribution in [-0.4, -0.2) is 46.5 Å². The Hall–Kier alpha value is -2.89. The number of thiophene rings is 1. The summed E-state index contributed by atoms with van der Waals surface area (Å²) in [5.41, 5.74) is 3.58. The lowest BCUT2D eigenvalue weighted by Crippen LogP contribution is -2.49. The highest BCUT2D eigenvalue weighted by Gasteiger charge is 2.23. The van der Waals surface area contributed by atoms with Gasteiger partial charge >= 0.3 is 0 Å². The fraction of sp³-hybridized carbons (Fsp3) is 0.240. The lowest BCUT2D eigenvalue weighted by Gasteiger charge is -2.35. The van der Waals surface area contributed by atoms with E-state index in [1.165, 1.54) is 15.8 Å². The third-order valence-corrected chi connectivity index (χ3v) is 6.74. The summed E-state index contributed by atoms with van der Waals surface area (Å²) in [5.74, 6) is 0.202. The van der Waals surface area contributed by atoms with E-state index in [-0.39, 0.29) is 5.91 Å². The summed E-state index contributed by atoms with van der Waals surface area (Å²) in [6.45, 7) is 4.77. The second-order valence-corrected chi connectivity index (χ2v) is 8.74. The van der Waals surface area contributed by atoms with Crippen molar-refractivity contribution in [3.8, 4) is 10.6 Å². The Morgan fingerprint density at radius 2 is 1.63 bits per heavy atom. The minimum absolute atomic E-state index is 0.202. The average Bonchev–Trinajstić information content (AvgIpc) is 3.43. The average molecular weight is 416 g/mol. The van der Waals surface area contributed by atoms with Crippen LogP contribution in [0.3, 0.4) is 0 Å². The molecule has 5 heteroatoms. The molecule has 1 saturated heterocycles. The zero-order valence-corrected chi connectivity index (χ0v) is 17.7. The summed E-state index contributed by atoms with van der Waals surface area (Å²) >= 11 is 1.72. The Balaban J connectivity index is 1.29. The van der Waals surface area contributed by atoms with Gasteiger partial charge in [0.1, 0.15) is 6.54 Å². The van der Waals surface area contributed by atoms with E-state index in [2.05, 4.69) is 81.6 Å². The van der Waals surface area contributed by atoms with Crippen LogP contribution in [0.2, 0.25) is 0 Å². The normalized spacial score (nSPS) is 15.0. The van der Waals surface area contributed by atoms with Gasteiger partial charge in [-0.2, -0.15) is 0 Å². The van der Waals surface area contributed by atoms with Crippen LogP contribution >= 0.6 is 11.3 Å². The van der Waals surface area contributed by atoms with Crippen molar-refractivity contribution in [3.63, 3.8) is 0 Å². The molecule has 2 aromatic carbocycles. The van der Waals surface area contributed by atoms with Crippen LogP contribution in [0.25, 0.3) is 21.5 Å². The highest BCUT2D eigenvalue weighted by atomic mass is 32.1. The molecule has 1 aliphatic heterocycles. The maximum Gasteiger partial charge on any atom is 0.242 e. The van der Waals surface area contributed by atoms with E-state index in [9.17, 15) is 4.79 Å². The van der Waals surface area contributed by atoms with Crippen molar-refractivity contribution in [2.45, 2.75) is 13.1 Å². The topological polar surface area (TPSA) is 28.5 Å². The summed E-state index contributed by atoms with van der Waals surface area (Å²) in [6.07, 6.45) is 0. The molecule has 0 radical (unpaired) electrons. The van der Waals surface area contributed by atoms with Gasteiger partial charge in [-0.25, -0.2) is 0 Å². The number of aromatic nitrogens is 1. The van der Waals surface area contributed by atoms with Gasteiger partial charge in [0.15, 0.2) is 0 Å². The number of rotatable bonds is 5. The number of nitrogens with zero attached hydrogens (tertiary/aromatic N) is 3. The van der Waals surface area contributed by atoms with Crippen molar-refractivity contribution in [2.75, 3.05) is 26.2 Å². The van der Waals surface area contributed by atoms with E-state index in [4.69, 9.17) is 0 Å². The van der Waals surface area contributed by atoms with Gasteiger partial charge in [0.05, 0.1) is 10.6 Å². The highest BCUT2D eigenvalue weighted by Crippen LogP contribution is 2.31. The number of para-hydroxylation sites is 1. The molecule has 5 rings (SSSR count). The van der Waals surface area contributed by atoms with Gasteiger partial charge < -0.3 is 9.47 Å². The predicted molar refractivity (Wildman–Crippen MR) is 124 cm³/mol. The third kappa shape index (κ3) is 3.91. The fourth-order valence-electron chi connectivity index (χ4n) is 4.24. The van der Waals surface area contributed by atoms with Gasteiger partial charge in [-0.05, 0) is 29.1 Å². The van der Waals surface area contributed by atoms with Gasteiger partial charge in [-0.15, -0.1) is 11.3 Å². The zero-order chi connectivity index (χ0) is 20.3. The number of carbonyl (C=O) groups is 1. The van der Waals surface area contributed by atoms with E-state index in [0.717, 1.165) is 43.9 Å². The minimum atomic E-state index is 0.202. The first-order valence-corrected chi connectivity index (χ1v) is 11.3. The van der Waals surface area contributed by atoms with E-state index in [1.54, 1.807) is 11.3 Å². The summed E-state index contributed by atoms with van der Waals surface area (Å²) in [7, 11) is 0. The van der Waals surface area contributed by atoms with Gasteiger partial charge in [0.25, 0.3) is 0 Å². The van der Waals surface area contributed by atoms with E-state index in [1.807, 2.05) is 11.0 Å². The molecule has 0 atom stereocenters. The Morgan fingerprint density at radius 1 is 0.867 bits per heavy atom. The third-order valence-electron chi connectivity index (χ3n) is 5.85. The second kappa shape index (κ2) is 8.46. The highest BCUT2D eigenvalue weighted by molar-refractivity contribution is 7.13. The summed E-state index contributed by atoms with van der Waals surface area (Å²) < 4.78 is 2.18. The largest absolute Gasteiger partial charge is 0.339 e. The van der Waals surface area contributed by atoms with E-state index < -0.39 is 0 Å². The van der Waals surface area contributed by atoms with Crippen molar-refractivity contribution in [3.05, 3.63) is 83.7 Å². The van der Waals surface area contributed by atoms with Gasteiger partial charge in [0, 0.05) is 43.6 Å². The molecule has 0 saturated carbocycles. The fourth-order valence-corrected chi connectivity index (χ4v) is 4.99. The van der Waals surface area contributed by atoms with Gasteiger partial charge in [-0.1, -0.05) is 54.6 Å². The van der Waals surface area contributed by atoms with E-state index >= 15 is 0 Å². The lowest BCUT2D eigenvalue weighted by atomic mass is 10.2. The maximum absolute atomic E-state index is 13.2. The molecule has 0 aliphatic carbocycles. The molecular formula is C25H25N3OS. The van der Waals surface area contributed by atoms with Crippen LogP contribution in [0, 0.1) is 0 Å². The SMILES string of the molecule is O=C(Cn1c(-c2cccs2)cc2ccccc21)N1CCN(Cc2ccccc2)CC1. The first-order chi connectivity index (χ1) is 14.8. The Kier molecular flexibility index (Phi) is 5.39. The Labute approximate surface area is 181 Å². The summed E-state index contributed by atoms with van der Waals surface area (Å²) in [5, 5.41) is 3.27. The molecule has 152 valence electrons. The number of hydrogen-bond acceptors (Lipinski definition) is 3. The minimum Gasteiger partial charge on any atom is -0.339 e. The van der Waals surface area contributed by atoms with Crippen molar-refractivity contribution in [1.29, 1.82) is 0 Å². The van der Waals surface area contributed by atoms with Crippen LogP contribution in [-0.2, 0) is 17.9 Å². The molecule has 4 nitrogen and oxygen atoms in total. The molecule has 3 heterocycles. The molecular weight excluding hydrogens is 390 g/mol. The number of carbonyl (C=O) groups excluding carboxylic acids is 1.